The third kappa shape index (κ3) is 5.65. The molecule has 128 valence electrons. The SMILES string of the molecule is C=C(C#N)c1ccc(NC(=O)OC(C)(C)C)cc1CN(C)C(=O)O. The lowest BCUT2D eigenvalue weighted by Crippen LogP contribution is -2.27. The van der Waals surface area contributed by atoms with Crippen LogP contribution in [-0.2, 0) is 11.3 Å². The van der Waals surface area contributed by atoms with Gasteiger partial charge in [-0.25, -0.2) is 9.59 Å². The topological polar surface area (TPSA) is 103 Å². The number of nitrogens with zero attached hydrogens (tertiary/aromatic N) is 2. The van der Waals surface area contributed by atoms with Crippen molar-refractivity contribution in [2.24, 2.45) is 0 Å². The molecular formula is C17H21N3O4. The molecule has 0 saturated heterocycles. The lowest BCUT2D eigenvalue weighted by Gasteiger charge is -2.20. The number of rotatable bonds is 4. The molecule has 0 unspecified atom stereocenters. The summed E-state index contributed by atoms with van der Waals surface area (Å²) in [5.41, 5.74) is 1.10. The van der Waals surface area contributed by atoms with E-state index < -0.39 is 17.8 Å². The number of ether oxygens (including phenoxy) is 1. The summed E-state index contributed by atoms with van der Waals surface area (Å²) >= 11 is 0. The predicted octanol–water partition coefficient (Wildman–Crippen LogP) is 3.68. The number of carbonyl (C=O) groups is 2. The molecule has 1 aromatic carbocycles. The van der Waals surface area contributed by atoms with Gasteiger partial charge in [0.15, 0.2) is 0 Å². The summed E-state index contributed by atoms with van der Waals surface area (Å²) in [5.74, 6) is 0. The van der Waals surface area contributed by atoms with E-state index in [4.69, 9.17) is 15.1 Å². The quantitative estimate of drug-likeness (QED) is 0.819. The van der Waals surface area contributed by atoms with E-state index >= 15 is 0 Å². The fourth-order valence-corrected chi connectivity index (χ4v) is 1.90. The maximum atomic E-state index is 11.8. The van der Waals surface area contributed by atoms with E-state index in [1.54, 1.807) is 39.0 Å². The Bertz CT molecular complexity index is 699. The summed E-state index contributed by atoms with van der Waals surface area (Å²) in [6.07, 6.45) is -1.72. The highest BCUT2D eigenvalue weighted by molar-refractivity contribution is 5.86. The summed E-state index contributed by atoms with van der Waals surface area (Å²) < 4.78 is 5.18. The van der Waals surface area contributed by atoms with Gasteiger partial charge in [0.25, 0.3) is 0 Å². The molecule has 0 radical (unpaired) electrons. The fraction of sp³-hybridized carbons (Fsp3) is 0.353. The lowest BCUT2D eigenvalue weighted by molar-refractivity contribution is 0.0636. The molecule has 1 aromatic rings. The number of nitriles is 1. The summed E-state index contributed by atoms with van der Waals surface area (Å²) in [5, 5.41) is 20.6. The first-order chi connectivity index (χ1) is 11.0. The van der Waals surface area contributed by atoms with Gasteiger partial charge in [0, 0.05) is 19.3 Å². The molecule has 0 aromatic heterocycles. The number of amides is 2. The molecule has 7 heteroatoms. The minimum absolute atomic E-state index is 0.0508. The molecule has 0 saturated carbocycles. The number of hydrogen-bond acceptors (Lipinski definition) is 4. The van der Waals surface area contributed by atoms with Gasteiger partial charge in [-0.2, -0.15) is 5.26 Å². The number of allylic oxidation sites excluding steroid dienone is 1. The van der Waals surface area contributed by atoms with Gasteiger partial charge in [0.1, 0.15) is 5.60 Å². The van der Waals surface area contributed by atoms with Gasteiger partial charge >= 0.3 is 12.2 Å². The third-order valence-corrected chi connectivity index (χ3v) is 2.94. The molecule has 0 spiro atoms. The maximum absolute atomic E-state index is 11.8. The Morgan fingerprint density at radius 2 is 2.04 bits per heavy atom. The van der Waals surface area contributed by atoms with Crippen LogP contribution in [0.2, 0.25) is 0 Å². The van der Waals surface area contributed by atoms with Crippen molar-refractivity contribution in [2.75, 3.05) is 12.4 Å². The average molecular weight is 331 g/mol. The molecule has 7 nitrogen and oxygen atoms in total. The first kappa shape index (κ1) is 19.0. The minimum Gasteiger partial charge on any atom is -0.465 e. The average Bonchev–Trinajstić information content (AvgIpc) is 2.44. The second kappa shape index (κ2) is 7.51. The van der Waals surface area contributed by atoms with Crippen LogP contribution in [0.4, 0.5) is 15.3 Å². The van der Waals surface area contributed by atoms with Crippen molar-refractivity contribution < 1.29 is 19.4 Å². The Hall–Kier alpha value is -3.01. The number of carboxylic acid groups (broad SMARTS) is 1. The Labute approximate surface area is 141 Å². The number of nitrogens with one attached hydrogen (secondary N) is 1. The Balaban J connectivity index is 3.09. The van der Waals surface area contributed by atoms with E-state index in [1.165, 1.54) is 7.05 Å². The van der Waals surface area contributed by atoms with E-state index in [2.05, 4.69) is 11.9 Å². The zero-order valence-corrected chi connectivity index (χ0v) is 14.2. The second-order valence-corrected chi connectivity index (χ2v) is 6.23. The van der Waals surface area contributed by atoms with Crippen molar-refractivity contribution in [3.63, 3.8) is 0 Å². The van der Waals surface area contributed by atoms with Gasteiger partial charge < -0.3 is 14.7 Å². The van der Waals surface area contributed by atoms with Gasteiger partial charge in [0.2, 0.25) is 0 Å². The summed E-state index contributed by atoms with van der Waals surface area (Å²) in [4.78, 5) is 23.9. The fourth-order valence-electron chi connectivity index (χ4n) is 1.90. The molecule has 24 heavy (non-hydrogen) atoms. The van der Waals surface area contributed by atoms with Crippen LogP contribution in [0.15, 0.2) is 24.8 Å². The Morgan fingerprint density at radius 1 is 1.42 bits per heavy atom. The molecular weight excluding hydrogens is 310 g/mol. The molecule has 0 fully saturated rings. The van der Waals surface area contributed by atoms with Crippen molar-refractivity contribution in [3.8, 4) is 6.07 Å². The number of benzene rings is 1. The van der Waals surface area contributed by atoms with E-state index in [0.717, 1.165) is 4.90 Å². The van der Waals surface area contributed by atoms with Crippen molar-refractivity contribution in [2.45, 2.75) is 32.9 Å². The molecule has 0 aliphatic rings. The lowest BCUT2D eigenvalue weighted by atomic mass is 10.0. The summed E-state index contributed by atoms with van der Waals surface area (Å²) in [7, 11) is 1.41. The van der Waals surface area contributed by atoms with Crippen molar-refractivity contribution in [3.05, 3.63) is 35.9 Å². The third-order valence-electron chi connectivity index (χ3n) is 2.94. The summed E-state index contributed by atoms with van der Waals surface area (Å²) in [6.45, 7) is 8.96. The highest BCUT2D eigenvalue weighted by Gasteiger charge is 2.17. The molecule has 0 heterocycles. The van der Waals surface area contributed by atoms with Gasteiger partial charge in [-0.05, 0) is 44.0 Å². The Kier molecular flexibility index (Phi) is 5.95. The van der Waals surface area contributed by atoms with Gasteiger partial charge in [0.05, 0.1) is 11.6 Å². The van der Waals surface area contributed by atoms with Crippen LogP contribution in [0.5, 0.6) is 0 Å². The number of carbonyl (C=O) groups excluding carboxylic acids is 1. The van der Waals surface area contributed by atoms with Crippen LogP contribution in [0.3, 0.4) is 0 Å². The van der Waals surface area contributed by atoms with E-state index in [0.29, 0.717) is 16.8 Å². The first-order valence-electron chi connectivity index (χ1n) is 7.20. The van der Waals surface area contributed by atoms with Crippen molar-refractivity contribution >= 4 is 23.4 Å². The second-order valence-electron chi connectivity index (χ2n) is 6.23. The van der Waals surface area contributed by atoms with E-state index in [1.807, 2.05) is 6.07 Å². The molecule has 0 aliphatic heterocycles. The molecule has 2 N–H and O–H groups in total. The van der Waals surface area contributed by atoms with Gasteiger partial charge in [-0.15, -0.1) is 0 Å². The van der Waals surface area contributed by atoms with Gasteiger partial charge in [-0.1, -0.05) is 12.6 Å². The van der Waals surface area contributed by atoms with Crippen LogP contribution < -0.4 is 5.32 Å². The molecule has 0 atom stereocenters. The zero-order chi connectivity index (χ0) is 18.5. The highest BCUT2D eigenvalue weighted by atomic mass is 16.6. The van der Waals surface area contributed by atoms with Crippen LogP contribution in [0, 0.1) is 11.3 Å². The van der Waals surface area contributed by atoms with Crippen molar-refractivity contribution in [1.29, 1.82) is 5.26 Å². The van der Waals surface area contributed by atoms with E-state index in [9.17, 15) is 9.59 Å². The maximum Gasteiger partial charge on any atom is 0.412 e. The predicted molar refractivity (Wildman–Crippen MR) is 90.4 cm³/mol. The molecule has 0 bridgehead atoms. The minimum atomic E-state index is -1.10. The van der Waals surface area contributed by atoms with Crippen molar-refractivity contribution in [1.82, 2.24) is 4.90 Å². The zero-order valence-electron chi connectivity index (χ0n) is 14.2. The molecule has 0 aliphatic carbocycles. The van der Waals surface area contributed by atoms with Crippen LogP contribution in [0.25, 0.3) is 5.57 Å². The number of anilines is 1. The van der Waals surface area contributed by atoms with Crippen LogP contribution in [0.1, 0.15) is 31.9 Å². The standard InChI is InChI=1S/C17H21N3O4/c1-11(9-18)14-7-6-13(19-15(21)24-17(2,3)4)8-12(14)10-20(5)16(22)23/h6-8H,1,10H2,2-5H3,(H,19,21)(H,22,23). The van der Waals surface area contributed by atoms with Gasteiger partial charge in [-0.3, -0.25) is 5.32 Å². The molecule has 2 amide bonds. The Morgan fingerprint density at radius 3 is 2.54 bits per heavy atom. The van der Waals surface area contributed by atoms with E-state index in [-0.39, 0.29) is 12.1 Å². The monoisotopic (exact) mass is 331 g/mol. The van der Waals surface area contributed by atoms with Crippen LogP contribution in [-0.4, -0.2) is 34.8 Å². The largest absolute Gasteiger partial charge is 0.465 e. The number of hydrogen-bond donors (Lipinski definition) is 2. The van der Waals surface area contributed by atoms with Crippen LogP contribution >= 0.6 is 0 Å². The molecule has 1 rings (SSSR count). The summed E-state index contributed by atoms with van der Waals surface area (Å²) in [6, 6.07) is 6.76. The normalized spacial score (nSPS) is 10.5. The smallest absolute Gasteiger partial charge is 0.412 e. The highest BCUT2D eigenvalue weighted by Crippen LogP contribution is 2.23. The first-order valence-corrected chi connectivity index (χ1v) is 7.20.